The number of aliphatic hydroxyl groups is 1. The fraction of sp³-hybridized carbons (Fsp3) is 0.609. The van der Waals surface area contributed by atoms with E-state index in [9.17, 15) is 5.11 Å². The van der Waals surface area contributed by atoms with Gasteiger partial charge in [0.15, 0.2) is 5.65 Å². The highest BCUT2D eigenvalue weighted by Gasteiger charge is 2.22. The molecule has 5 rings (SSSR count). The van der Waals surface area contributed by atoms with Crippen molar-refractivity contribution in [1.82, 2.24) is 29.5 Å². The lowest BCUT2D eigenvalue weighted by atomic mass is 10.00. The molecule has 9 nitrogen and oxygen atoms in total. The first-order chi connectivity index (χ1) is 15.4. The zero-order chi connectivity index (χ0) is 22.3. The molecule has 0 saturated carbocycles. The Bertz CT molecular complexity index is 1130. The summed E-state index contributed by atoms with van der Waals surface area (Å²) in [6.07, 6.45) is 7.24. The Morgan fingerprint density at radius 3 is 2.44 bits per heavy atom. The van der Waals surface area contributed by atoms with Crippen LogP contribution in [0.1, 0.15) is 63.0 Å². The molecular formula is C23H32N8O. The van der Waals surface area contributed by atoms with Crippen LogP contribution in [0.2, 0.25) is 0 Å². The van der Waals surface area contributed by atoms with Crippen molar-refractivity contribution in [2.24, 2.45) is 0 Å². The van der Waals surface area contributed by atoms with Crippen molar-refractivity contribution in [1.29, 1.82) is 0 Å². The van der Waals surface area contributed by atoms with Crippen LogP contribution in [0.25, 0.3) is 17.0 Å². The number of nitrogens with zero attached hydrogens (tertiary/aromatic N) is 7. The molecule has 9 heteroatoms. The first kappa shape index (κ1) is 21.1. The number of rotatable bonds is 6. The molecular weight excluding hydrogens is 404 g/mol. The molecule has 0 aromatic carbocycles. The van der Waals surface area contributed by atoms with Crippen LogP contribution < -0.4 is 10.2 Å². The summed E-state index contributed by atoms with van der Waals surface area (Å²) in [4.78, 5) is 21.6. The molecule has 0 amide bonds. The van der Waals surface area contributed by atoms with Gasteiger partial charge in [-0.2, -0.15) is 19.6 Å². The SMILES string of the molecule is Cc1nc2c(nc1-c1cc3nc(N4CCCC4)nc(NCCC(C)(C)O)n3n1)CCCC2. The van der Waals surface area contributed by atoms with Crippen LogP contribution in [0.5, 0.6) is 0 Å². The highest BCUT2D eigenvalue weighted by atomic mass is 16.3. The molecule has 0 bridgehead atoms. The summed E-state index contributed by atoms with van der Waals surface area (Å²) in [6, 6.07) is 1.98. The molecule has 1 saturated heterocycles. The fourth-order valence-electron chi connectivity index (χ4n) is 4.47. The van der Waals surface area contributed by atoms with E-state index in [-0.39, 0.29) is 0 Å². The third-order valence-electron chi connectivity index (χ3n) is 6.27. The van der Waals surface area contributed by atoms with Gasteiger partial charge in [0.1, 0.15) is 11.4 Å². The maximum atomic E-state index is 10.1. The number of aryl methyl sites for hydroxylation is 3. The van der Waals surface area contributed by atoms with Gasteiger partial charge in [-0.3, -0.25) is 4.98 Å². The maximum Gasteiger partial charge on any atom is 0.230 e. The van der Waals surface area contributed by atoms with Gasteiger partial charge in [0.25, 0.3) is 0 Å². The summed E-state index contributed by atoms with van der Waals surface area (Å²) in [5, 5.41) is 18.3. The third-order valence-corrected chi connectivity index (χ3v) is 6.27. The molecule has 0 radical (unpaired) electrons. The Hall–Kier alpha value is -2.81. The summed E-state index contributed by atoms with van der Waals surface area (Å²) < 4.78 is 1.75. The normalized spacial score (nSPS) is 16.6. The van der Waals surface area contributed by atoms with Crippen molar-refractivity contribution >= 4 is 17.5 Å². The van der Waals surface area contributed by atoms with Crippen molar-refractivity contribution in [3.63, 3.8) is 0 Å². The number of aromatic nitrogens is 6. The summed E-state index contributed by atoms with van der Waals surface area (Å²) in [5.74, 6) is 1.36. The average Bonchev–Trinajstić information content (AvgIpc) is 3.42. The van der Waals surface area contributed by atoms with E-state index < -0.39 is 5.60 Å². The summed E-state index contributed by atoms with van der Waals surface area (Å²) in [6.45, 7) is 8.14. The zero-order valence-electron chi connectivity index (χ0n) is 19.2. The largest absolute Gasteiger partial charge is 0.390 e. The molecule has 1 aliphatic heterocycles. The Morgan fingerprint density at radius 1 is 1.00 bits per heavy atom. The van der Waals surface area contributed by atoms with Gasteiger partial charge >= 0.3 is 0 Å². The minimum absolute atomic E-state index is 0.585. The van der Waals surface area contributed by atoms with Crippen molar-refractivity contribution < 1.29 is 5.11 Å². The predicted molar refractivity (Wildman–Crippen MR) is 124 cm³/mol. The molecule has 1 aliphatic carbocycles. The highest BCUT2D eigenvalue weighted by Crippen LogP contribution is 2.27. The van der Waals surface area contributed by atoms with E-state index >= 15 is 0 Å². The van der Waals surface area contributed by atoms with Crippen molar-refractivity contribution in [3.8, 4) is 11.4 Å². The van der Waals surface area contributed by atoms with Crippen LogP contribution in [-0.2, 0) is 12.8 Å². The van der Waals surface area contributed by atoms with E-state index in [1.807, 2.05) is 26.8 Å². The minimum atomic E-state index is -0.748. The molecule has 1 fully saturated rings. The standard InChI is InChI=1S/C23H32N8O/c1-15-20(26-17-9-5-4-8-16(17)25-15)18-14-19-27-22(30-12-6-7-13-30)28-21(31(19)29-18)24-11-10-23(2,3)32/h14,32H,4-13H2,1-3H3,(H,24,27,28). The second kappa shape index (κ2) is 8.27. The molecule has 4 heterocycles. The van der Waals surface area contributed by atoms with E-state index in [2.05, 4.69) is 10.2 Å². The van der Waals surface area contributed by atoms with E-state index in [1.165, 1.54) is 6.42 Å². The van der Waals surface area contributed by atoms with E-state index in [0.717, 1.165) is 85.3 Å². The zero-order valence-corrected chi connectivity index (χ0v) is 19.2. The second-order valence-corrected chi connectivity index (χ2v) is 9.59. The number of anilines is 2. The van der Waals surface area contributed by atoms with Crippen molar-refractivity contribution in [2.45, 2.75) is 71.3 Å². The summed E-state index contributed by atoms with van der Waals surface area (Å²) >= 11 is 0. The van der Waals surface area contributed by atoms with E-state index in [4.69, 9.17) is 25.0 Å². The van der Waals surface area contributed by atoms with Crippen LogP contribution in [-0.4, -0.2) is 59.9 Å². The van der Waals surface area contributed by atoms with Crippen LogP contribution in [0, 0.1) is 6.92 Å². The Morgan fingerprint density at radius 2 is 1.72 bits per heavy atom. The Labute approximate surface area is 188 Å². The van der Waals surface area contributed by atoms with Crippen molar-refractivity contribution in [2.75, 3.05) is 29.9 Å². The topological polar surface area (TPSA) is 104 Å². The van der Waals surface area contributed by atoms with Crippen LogP contribution >= 0.6 is 0 Å². The van der Waals surface area contributed by atoms with Gasteiger partial charge in [0.2, 0.25) is 11.9 Å². The average molecular weight is 437 g/mol. The number of fused-ring (bicyclic) bond motifs is 2. The van der Waals surface area contributed by atoms with Gasteiger partial charge in [-0.05, 0) is 65.7 Å². The smallest absolute Gasteiger partial charge is 0.230 e. The molecule has 3 aromatic heterocycles. The van der Waals surface area contributed by atoms with Crippen LogP contribution in [0.15, 0.2) is 6.07 Å². The predicted octanol–water partition coefficient (Wildman–Crippen LogP) is 2.94. The first-order valence-corrected chi connectivity index (χ1v) is 11.7. The van der Waals surface area contributed by atoms with Gasteiger partial charge in [0.05, 0.1) is 22.7 Å². The lowest BCUT2D eigenvalue weighted by molar-refractivity contribution is 0.0748. The van der Waals surface area contributed by atoms with Crippen LogP contribution in [0.4, 0.5) is 11.9 Å². The molecule has 0 spiro atoms. The molecule has 0 unspecified atom stereocenters. The van der Waals surface area contributed by atoms with Gasteiger partial charge in [-0.25, -0.2) is 4.98 Å². The van der Waals surface area contributed by atoms with Gasteiger partial charge in [-0.1, -0.05) is 0 Å². The minimum Gasteiger partial charge on any atom is -0.390 e. The molecule has 32 heavy (non-hydrogen) atoms. The lowest BCUT2D eigenvalue weighted by Gasteiger charge is -2.19. The molecule has 2 N–H and O–H groups in total. The quantitative estimate of drug-likeness (QED) is 0.608. The summed E-state index contributed by atoms with van der Waals surface area (Å²) in [7, 11) is 0. The molecule has 170 valence electrons. The first-order valence-electron chi connectivity index (χ1n) is 11.7. The second-order valence-electron chi connectivity index (χ2n) is 9.59. The Kier molecular flexibility index (Phi) is 5.44. The number of hydrogen-bond donors (Lipinski definition) is 2. The highest BCUT2D eigenvalue weighted by molar-refractivity contribution is 5.65. The van der Waals surface area contributed by atoms with E-state index in [0.29, 0.717) is 18.9 Å². The summed E-state index contributed by atoms with van der Waals surface area (Å²) in [5.41, 5.74) is 4.71. The number of hydrogen-bond acceptors (Lipinski definition) is 8. The fourth-order valence-corrected chi connectivity index (χ4v) is 4.47. The number of nitrogens with one attached hydrogen (secondary N) is 1. The van der Waals surface area contributed by atoms with Crippen LogP contribution in [0.3, 0.4) is 0 Å². The molecule has 2 aliphatic rings. The lowest BCUT2D eigenvalue weighted by Crippen LogP contribution is -2.25. The van der Waals surface area contributed by atoms with Crippen molar-refractivity contribution in [3.05, 3.63) is 23.1 Å². The molecule has 3 aromatic rings. The monoisotopic (exact) mass is 436 g/mol. The third kappa shape index (κ3) is 4.26. The van der Waals surface area contributed by atoms with Gasteiger partial charge in [-0.15, -0.1) is 0 Å². The van der Waals surface area contributed by atoms with Gasteiger partial charge < -0.3 is 15.3 Å². The Balaban J connectivity index is 1.55. The maximum absolute atomic E-state index is 10.1. The molecule has 0 atom stereocenters. The van der Waals surface area contributed by atoms with Gasteiger partial charge in [0, 0.05) is 25.7 Å². The van der Waals surface area contributed by atoms with E-state index in [1.54, 1.807) is 4.52 Å².